The van der Waals surface area contributed by atoms with Gasteiger partial charge in [0.05, 0.1) is 16.3 Å². The predicted octanol–water partition coefficient (Wildman–Crippen LogP) is 1.01. The van der Waals surface area contributed by atoms with Crippen molar-refractivity contribution in [2.24, 2.45) is 0 Å². The Morgan fingerprint density at radius 1 is 1.50 bits per heavy atom. The lowest BCUT2D eigenvalue weighted by Crippen LogP contribution is -2.52. The number of rotatable bonds is 5. The molecule has 102 valence electrons. The molecule has 0 spiro atoms. The van der Waals surface area contributed by atoms with Crippen LogP contribution in [0.1, 0.15) is 28.4 Å². The maximum absolute atomic E-state index is 10.3. The topological polar surface area (TPSA) is 57.2 Å². The minimum absolute atomic E-state index is 0.563. The highest BCUT2D eigenvalue weighted by Crippen LogP contribution is 2.17. The number of thiazole rings is 1. The zero-order chi connectivity index (χ0) is 13.0. The summed E-state index contributed by atoms with van der Waals surface area (Å²) in [7, 11) is 0. The van der Waals surface area contributed by atoms with E-state index in [0.717, 1.165) is 38.0 Å². The highest BCUT2D eigenvalue weighted by molar-refractivity contribution is 7.11. The highest BCUT2D eigenvalue weighted by atomic mass is 32.1. The van der Waals surface area contributed by atoms with Gasteiger partial charge in [0.1, 0.15) is 0 Å². The molecule has 2 rings (SSSR count). The molecular weight excluding hydrogens is 246 g/mol. The van der Waals surface area contributed by atoms with Crippen molar-refractivity contribution in [2.75, 3.05) is 26.2 Å². The lowest BCUT2D eigenvalue weighted by molar-refractivity contribution is 0.0174. The largest absolute Gasteiger partial charge is 0.387 e. The maximum atomic E-state index is 10.3. The molecule has 1 unspecified atom stereocenters. The second-order valence-corrected chi connectivity index (χ2v) is 6.47. The minimum Gasteiger partial charge on any atom is -0.387 e. The molecule has 1 aliphatic rings. The second-order valence-electron chi connectivity index (χ2n) is 5.18. The zero-order valence-electron chi connectivity index (χ0n) is 11.3. The monoisotopic (exact) mass is 269 g/mol. The third kappa shape index (κ3) is 3.75. The standard InChI is InChI=1S/C13H23N3OS/c1-10-11(2)18-12(16-10)4-7-15-9-13(17)5-3-6-14-8-13/h14-15,17H,3-9H2,1-2H3. The fourth-order valence-electron chi connectivity index (χ4n) is 2.27. The number of β-amino-alcohol motifs (C(OH)–C–C–N with tert-alkyl or cyclic N) is 1. The average Bonchev–Trinajstić information content (AvgIpc) is 2.66. The van der Waals surface area contributed by atoms with Gasteiger partial charge in [0.25, 0.3) is 0 Å². The van der Waals surface area contributed by atoms with Crippen molar-refractivity contribution < 1.29 is 5.11 Å². The smallest absolute Gasteiger partial charge is 0.0943 e. The number of nitrogens with one attached hydrogen (secondary N) is 2. The Kier molecular flexibility index (Phi) is 4.72. The van der Waals surface area contributed by atoms with Crippen molar-refractivity contribution in [2.45, 2.75) is 38.7 Å². The summed E-state index contributed by atoms with van der Waals surface area (Å²) >= 11 is 1.77. The zero-order valence-corrected chi connectivity index (χ0v) is 12.1. The van der Waals surface area contributed by atoms with Gasteiger partial charge in [0, 0.05) is 30.9 Å². The Balaban J connectivity index is 1.69. The van der Waals surface area contributed by atoms with Crippen LogP contribution in [0.3, 0.4) is 0 Å². The molecular formula is C13H23N3OS. The minimum atomic E-state index is -0.563. The van der Waals surface area contributed by atoms with Crippen LogP contribution in [0, 0.1) is 13.8 Å². The first-order valence-corrected chi connectivity index (χ1v) is 7.47. The molecule has 0 radical (unpaired) electrons. The quantitative estimate of drug-likeness (QED) is 0.698. The van der Waals surface area contributed by atoms with Crippen molar-refractivity contribution in [1.29, 1.82) is 0 Å². The Bertz CT molecular complexity index is 366. The molecule has 2 heterocycles. The summed E-state index contributed by atoms with van der Waals surface area (Å²) in [5.41, 5.74) is 0.581. The molecule has 1 aromatic rings. The fourth-order valence-corrected chi connectivity index (χ4v) is 3.20. The first-order valence-electron chi connectivity index (χ1n) is 6.66. The summed E-state index contributed by atoms with van der Waals surface area (Å²) in [6, 6.07) is 0. The van der Waals surface area contributed by atoms with E-state index in [4.69, 9.17) is 0 Å². The van der Waals surface area contributed by atoms with E-state index >= 15 is 0 Å². The van der Waals surface area contributed by atoms with Crippen LogP contribution in [0.5, 0.6) is 0 Å². The summed E-state index contributed by atoms with van der Waals surface area (Å²) in [5, 5.41) is 18.1. The van der Waals surface area contributed by atoms with Crippen molar-refractivity contribution >= 4 is 11.3 Å². The van der Waals surface area contributed by atoms with Gasteiger partial charge in [-0.2, -0.15) is 0 Å². The van der Waals surface area contributed by atoms with E-state index < -0.39 is 5.60 Å². The van der Waals surface area contributed by atoms with Crippen molar-refractivity contribution in [3.05, 3.63) is 15.6 Å². The Hall–Kier alpha value is -0.490. The first kappa shape index (κ1) is 13.9. The molecule has 1 atom stereocenters. The maximum Gasteiger partial charge on any atom is 0.0943 e. The van der Waals surface area contributed by atoms with Crippen LogP contribution >= 0.6 is 11.3 Å². The van der Waals surface area contributed by atoms with Gasteiger partial charge in [-0.05, 0) is 33.2 Å². The van der Waals surface area contributed by atoms with Crippen LogP contribution in [0.2, 0.25) is 0 Å². The van der Waals surface area contributed by atoms with Gasteiger partial charge in [-0.3, -0.25) is 0 Å². The molecule has 1 fully saturated rings. The van der Waals surface area contributed by atoms with Gasteiger partial charge in [0.2, 0.25) is 0 Å². The number of hydrogen-bond acceptors (Lipinski definition) is 5. The molecule has 0 bridgehead atoms. The molecule has 0 aliphatic carbocycles. The predicted molar refractivity (Wildman–Crippen MR) is 75.2 cm³/mol. The number of aromatic nitrogens is 1. The lowest BCUT2D eigenvalue weighted by Gasteiger charge is -2.32. The number of aryl methyl sites for hydroxylation is 2. The van der Waals surface area contributed by atoms with Gasteiger partial charge in [-0.1, -0.05) is 0 Å². The van der Waals surface area contributed by atoms with Crippen molar-refractivity contribution in [3.63, 3.8) is 0 Å². The van der Waals surface area contributed by atoms with Crippen LogP contribution in [0.25, 0.3) is 0 Å². The first-order chi connectivity index (χ1) is 8.59. The van der Waals surface area contributed by atoms with Crippen LogP contribution < -0.4 is 10.6 Å². The second kappa shape index (κ2) is 6.10. The van der Waals surface area contributed by atoms with E-state index in [0.29, 0.717) is 13.1 Å². The summed E-state index contributed by atoms with van der Waals surface area (Å²) < 4.78 is 0. The van der Waals surface area contributed by atoms with Crippen molar-refractivity contribution in [1.82, 2.24) is 15.6 Å². The molecule has 0 saturated carbocycles. The summed E-state index contributed by atoms with van der Waals surface area (Å²) in [6.07, 6.45) is 2.90. The van der Waals surface area contributed by atoms with Crippen LogP contribution in [0.4, 0.5) is 0 Å². The van der Waals surface area contributed by atoms with Crippen molar-refractivity contribution in [3.8, 4) is 0 Å². The number of aliphatic hydroxyl groups is 1. The molecule has 1 saturated heterocycles. The summed E-state index contributed by atoms with van der Waals surface area (Å²) in [5.74, 6) is 0. The molecule has 0 amide bonds. The van der Waals surface area contributed by atoms with Crippen LogP contribution in [-0.4, -0.2) is 41.9 Å². The van der Waals surface area contributed by atoms with Gasteiger partial charge >= 0.3 is 0 Å². The number of piperidine rings is 1. The fraction of sp³-hybridized carbons (Fsp3) is 0.769. The normalized spacial score (nSPS) is 24.4. The third-order valence-corrected chi connectivity index (χ3v) is 4.62. The van der Waals surface area contributed by atoms with E-state index in [2.05, 4.69) is 29.5 Å². The molecule has 1 aliphatic heterocycles. The lowest BCUT2D eigenvalue weighted by atomic mass is 9.94. The van der Waals surface area contributed by atoms with Gasteiger partial charge in [-0.15, -0.1) is 11.3 Å². The number of nitrogens with zero attached hydrogens (tertiary/aromatic N) is 1. The summed E-state index contributed by atoms with van der Waals surface area (Å²) in [4.78, 5) is 5.82. The third-order valence-electron chi connectivity index (χ3n) is 3.49. The molecule has 3 N–H and O–H groups in total. The van der Waals surface area contributed by atoms with E-state index in [9.17, 15) is 5.11 Å². The Morgan fingerprint density at radius 3 is 2.94 bits per heavy atom. The van der Waals surface area contributed by atoms with Gasteiger partial charge in [0.15, 0.2) is 0 Å². The van der Waals surface area contributed by atoms with E-state index in [1.165, 1.54) is 9.88 Å². The van der Waals surface area contributed by atoms with Gasteiger partial charge < -0.3 is 15.7 Å². The van der Waals surface area contributed by atoms with E-state index in [1.807, 2.05) is 0 Å². The van der Waals surface area contributed by atoms with Gasteiger partial charge in [-0.25, -0.2) is 4.98 Å². The highest BCUT2D eigenvalue weighted by Gasteiger charge is 2.28. The Labute approximate surface area is 113 Å². The molecule has 1 aromatic heterocycles. The summed E-state index contributed by atoms with van der Waals surface area (Å²) in [6.45, 7) is 7.45. The molecule has 0 aromatic carbocycles. The van der Waals surface area contributed by atoms with Crippen LogP contribution in [0.15, 0.2) is 0 Å². The van der Waals surface area contributed by atoms with E-state index in [1.54, 1.807) is 11.3 Å². The van der Waals surface area contributed by atoms with E-state index in [-0.39, 0.29) is 0 Å². The SMILES string of the molecule is Cc1nc(CCNCC2(O)CCCNC2)sc1C. The average molecular weight is 269 g/mol. The molecule has 18 heavy (non-hydrogen) atoms. The molecule has 5 heteroatoms. The molecule has 4 nitrogen and oxygen atoms in total. The Morgan fingerprint density at radius 2 is 2.33 bits per heavy atom. The number of hydrogen-bond donors (Lipinski definition) is 3. The van der Waals surface area contributed by atoms with Crippen LogP contribution in [-0.2, 0) is 6.42 Å².